The zero-order valence-electron chi connectivity index (χ0n) is 46.3. The second-order valence-electron chi connectivity index (χ2n) is 19.9. The van der Waals surface area contributed by atoms with Crippen LogP contribution in [0.1, 0.15) is 297 Å². The lowest BCUT2D eigenvalue weighted by Crippen LogP contribution is -2.30. The van der Waals surface area contributed by atoms with Gasteiger partial charge >= 0.3 is 17.9 Å². The summed E-state index contributed by atoms with van der Waals surface area (Å²) in [7, 11) is 0. The Hall–Kier alpha value is -3.15. The van der Waals surface area contributed by atoms with Crippen molar-refractivity contribution in [3.63, 3.8) is 0 Å². The summed E-state index contributed by atoms with van der Waals surface area (Å²) < 4.78 is 16.8. The van der Waals surface area contributed by atoms with Crippen molar-refractivity contribution < 1.29 is 28.6 Å². The van der Waals surface area contributed by atoms with Crippen molar-refractivity contribution in [2.75, 3.05) is 13.2 Å². The Morgan fingerprint density at radius 1 is 0.300 bits per heavy atom. The molecule has 0 aliphatic heterocycles. The molecule has 0 aliphatic rings. The highest BCUT2D eigenvalue weighted by Crippen LogP contribution is 2.17. The fourth-order valence-corrected chi connectivity index (χ4v) is 8.53. The number of carbonyl (C=O) groups excluding carboxylic acids is 3. The lowest BCUT2D eigenvalue weighted by molar-refractivity contribution is -0.166. The number of hydrogen-bond donors (Lipinski definition) is 0. The lowest BCUT2D eigenvalue weighted by atomic mass is 10.0. The summed E-state index contributed by atoms with van der Waals surface area (Å²) in [6, 6.07) is 0. The van der Waals surface area contributed by atoms with Crippen LogP contribution in [-0.4, -0.2) is 37.2 Å². The van der Waals surface area contributed by atoms with Crippen molar-refractivity contribution in [3.8, 4) is 0 Å². The van der Waals surface area contributed by atoms with E-state index in [1.165, 1.54) is 173 Å². The molecule has 0 bridgehead atoms. The first-order valence-electron chi connectivity index (χ1n) is 29.9. The average Bonchev–Trinajstić information content (AvgIpc) is 3.36. The number of rotatable bonds is 54. The molecule has 0 radical (unpaired) electrons. The molecule has 1 unspecified atom stereocenters. The lowest BCUT2D eigenvalue weighted by Gasteiger charge is -2.18. The van der Waals surface area contributed by atoms with E-state index >= 15 is 0 Å². The summed E-state index contributed by atoms with van der Waals surface area (Å²) in [6.45, 7) is 6.48. The van der Waals surface area contributed by atoms with Crippen molar-refractivity contribution >= 4 is 17.9 Å². The second-order valence-corrected chi connectivity index (χ2v) is 19.9. The van der Waals surface area contributed by atoms with Crippen molar-refractivity contribution in [2.45, 2.75) is 303 Å². The molecule has 0 heterocycles. The Balaban J connectivity index is 4.33. The first kappa shape index (κ1) is 66.9. The molecule has 0 aromatic rings. The molecule has 0 amide bonds. The van der Waals surface area contributed by atoms with Crippen LogP contribution in [0.5, 0.6) is 0 Å². The third kappa shape index (κ3) is 55.8. The number of carbonyl (C=O) groups is 3. The van der Waals surface area contributed by atoms with Gasteiger partial charge in [0, 0.05) is 19.3 Å². The minimum Gasteiger partial charge on any atom is -0.462 e. The van der Waals surface area contributed by atoms with E-state index < -0.39 is 6.10 Å². The molecular formula is C64H112O6. The summed E-state index contributed by atoms with van der Waals surface area (Å²) in [6.07, 6.45) is 75.0. The van der Waals surface area contributed by atoms with Crippen LogP contribution in [0.2, 0.25) is 0 Å². The number of ether oxygens (including phenoxy) is 3. The molecule has 0 spiro atoms. The van der Waals surface area contributed by atoms with E-state index in [1.807, 2.05) is 6.08 Å². The first-order valence-corrected chi connectivity index (χ1v) is 29.9. The summed E-state index contributed by atoms with van der Waals surface area (Å²) in [4.78, 5) is 38.1. The molecule has 0 saturated heterocycles. The van der Waals surface area contributed by atoms with Gasteiger partial charge in [-0.3, -0.25) is 14.4 Å². The van der Waals surface area contributed by atoms with Gasteiger partial charge in [-0.2, -0.15) is 0 Å². The van der Waals surface area contributed by atoms with Crippen molar-refractivity contribution in [1.82, 2.24) is 0 Å². The molecule has 0 N–H and O–H groups in total. The highest BCUT2D eigenvalue weighted by Gasteiger charge is 2.19. The van der Waals surface area contributed by atoms with E-state index in [0.29, 0.717) is 19.3 Å². The zero-order chi connectivity index (χ0) is 50.7. The predicted octanol–water partition coefficient (Wildman–Crippen LogP) is 20.2. The molecular weight excluding hydrogens is 865 g/mol. The van der Waals surface area contributed by atoms with Crippen molar-refractivity contribution in [1.29, 1.82) is 0 Å². The van der Waals surface area contributed by atoms with Crippen molar-refractivity contribution in [2.24, 2.45) is 0 Å². The van der Waals surface area contributed by atoms with E-state index in [0.717, 1.165) is 77.0 Å². The van der Waals surface area contributed by atoms with Gasteiger partial charge in [0.2, 0.25) is 0 Å². The minimum absolute atomic E-state index is 0.102. The van der Waals surface area contributed by atoms with E-state index in [2.05, 4.69) is 87.6 Å². The smallest absolute Gasteiger partial charge is 0.306 e. The molecule has 0 fully saturated rings. The zero-order valence-corrected chi connectivity index (χ0v) is 46.3. The van der Waals surface area contributed by atoms with E-state index in [4.69, 9.17) is 14.2 Å². The summed E-state index contributed by atoms with van der Waals surface area (Å²) in [5.41, 5.74) is 0. The maximum absolute atomic E-state index is 12.8. The van der Waals surface area contributed by atoms with E-state index in [1.54, 1.807) is 0 Å². The Labute approximate surface area is 433 Å². The van der Waals surface area contributed by atoms with Gasteiger partial charge in [0.1, 0.15) is 13.2 Å². The molecule has 6 heteroatoms. The topological polar surface area (TPSA) is 78.9 Å². The number of allylic oxidation sites excluding steroid dienone is 12. The number of esters is 3. The summed E-state index contributed by atoms with van der Waals surface area (Å²) in [5, 5.41) is 0. The highest BCUT2D eigenvalue weighted by molar-refractivity contribution is 5.71. The summed E-state index contributed by atoms with van der Waals surface area (Å²) in [5.74, 6) is -0.977. The van der Waals surface area contributed by atoms with Crippen LogP contribution >= 0.6 is 0 Å². The molecule has 0 aliphatic carbocycles. The Kier molecular flexibility index (Phi) is 55.8. The molecule has 0 aromatic carbocycles. The molecule has 70 heavy (non-hydrogen) atoms. The molecule has 6 nitrogen and oxygen atoms in total. The molecule has 0 rings (SSSR count). The van der Waals surface area contributed by atoms with Crippen LogP contribution in [0.4, 0.5) is 0 Å². The average molecular weight is 978 g/mol. The second kappa shape index (κ2) is 58.4. The number of unbranched alkanes of at least 4 members (excludes halogenated alkanes) is 31. The van der Waals surface area contributed by atoms with Gasteiger partial charge in [-0.05, 0) is 57.8 Å². The van der Waals surface area contributed by atoms with Gasteiger partial charge in [-0.15, -0.1) is 0 Å². The Bertz CT molecular complexity index is 1310. The third-order valence-corrected chi connectivity index (χ3v) is 13.0. The normalized spacial score (nSPS) is 12.6. The van der Waals surface area contributed by atoms with Gasteiger partial charge in [0.15, 0.2) is 6.10 Å². The van der Waals surface area contributed by atoms with Crippen molar-refractivity contribution in [3.05, 3.63) is 72.9 Å². The fraction of sp³-hybridized carbons (Fsp3) is 0.766. The minimum atomic E-state index is -0.812. The quantitative estimate of drug-likeness (QED) is 0.0261. The largest absolute Gasteiger partial charge is 0.462 e. The summed E-state index contributed by atoms with van der Waals surface area (Å²) >= 11 is 0. The van der Waals surface area contributed by atoms with Gasteiger partial charge in [-0.25, -0.2) is 0 Å². The van der Waals surface area contributed by atoms with Crippen LogP contribution < -0.4 is 0 Å². The van der Waals surface area contributed by atoms with Gasteiger partial charge in [0.05, 0.1) is 0 Å². The Morgan fingerprint density at radius 3 is 0.843 bits per heavy atom. The molecule has 0 aromatic heterocycles. The molecule has 1 atom stereocenters. The Morgan fingerprint density at radius 2 is 0.557 bits per heavy atom. The maximum atomic E-state index is 12.8. The third-order valence-electron chi connectivity index (χ3n) is 13.0. The maximum Gasteiger partial charge on any atom is 0.306 e. The fourth-order valence-electron chi connectivity index (χ4n) is 8.53. The van der Waals surface area contributed by atoms with E-state index in [9.17, 15) is 14.4 Å². The van der Waals surface area contributed by atoms with Crippen LogP contribution in [0.3, 0.4) is 0 Å². The molecule has 404 valence electrons. The monoisotopic (exact) mass is 977 g/mol. The van der Waals surface area contributed by atoms with E-state index in [-0.39, 0.29) is 37.5 Å². The van der Waals surface area contributed by atoms with Gasteiger partial charge in [0.25, 0.3) is 0 Å². The van der Waals surface area contributed by atoms with Gasteiger partial charge < -0.3 is 14.2 Å². The SMILES string of the molecule is CC/C=C\C/C=C\C/C=C\C/C=C\C/C=C\C/C=C\CCC(=O)OC(COC(=O)CCCCCCCCCCCC)COC(=O)CCCCCCCCCCCCCCCCCCCCCCCCC. The standard InChI is InChI=1S/C64H112O6/c1-4-7-10-13-16-19-22-24-26-28-30-31-32-33-35-36-38-40-42-45-48-51-54-57-63(66)69-60-61(59-68-62(65)56-53-50-47-44-21-18-15-12-9-6-3)70-64(67)58-55-52-49-46-43-41-39-37-34-29-27-25-23-20-17-14-11-8-5-2/h8,11,17,20,25,27,34,37,41,43,49,52,61H,4-7,9-10,12-16,18-19,21-24,26,28-33,35-36,38-40,42,44-48,50-51,53-60H2,1-3H3/b11-8-,20-17-,27-25-,37-34-,43-41-,52-49-. The molecule has 0 saturated carbocycles. The predicted molar refractivity (Wildman–Crippen MR) is 302 cm³/mol. The highest BCUT2D eigenvalue weighted by atomic mass is 16.6. The van der Waals surface area contributed by atoms with Crippen LogP contribution in [0.15, 0.2) is 72.9 Å². The van der Waals surface area contributed by atoms with Crippen LogP contribution in [0.25, 0.3) is 0 Å². The first-order chi connectivity index (χ1) is 34.5. The van der Waals surface area contributed by atoms with Crippen LogP contribution in [-0.2, 0) is 28.6 Å². The van der Waals surface area contributed by atoms with Gasteiger partial charge in [-0.1, -0.05) is 293 Å². The van der Waals surface area contributed by atoms with Crippen LogP contribution in [0, 0.1) is 0 Å². The number of hydrogen-bond acceptors (Lipinski definition) is 6.